The number of benzene rings is 1. The lowest BCUT2D eigenvalue weighted by atomic mass is 10.3. The number of carbonyl (C=O) groups excluding carboxylic acids is 1. The molecule has 0 aliphatic carbocycles. The van der Waals surface area contributed by atoms with Crippen molar-refractivity contribution in [3.8, 4) is 0 Å². The summed E-state index contributed by atoms with van der Waals surface area (Å²) in [4.78, 5) is 11.5. The smallest absolute Gasteiger partial charge is 0.259 e. The van der Waals surface area contributed by atoms with Crippen LogP contribution in [0.2, 0.25) is 0 Å². The van der Waals surface area contributed by atoms with Gasteiger partial charge in [-0.25, -0.2) is 5.43 Å². The van der Waals surface area contributed by atoms with E-state index in [-0.39, 0.29) is 12.5 Å². The van der Waals surface area contributed by atoms with Crippen molar-refractivity contribution in [2.24, 2.45) is 12.1 Å². The Morgan fingerprint density at radius 1 is 1.26 bits per heavy atom. The highest BCUT2D eigenvalue weighted by atomic mass is 16.2. The van der Waals surface area contributed by atoms with Crippen LogP contribution in [-0.4, -0.2) is 23.2 Å². The Morgan fingerprint density at radius 3 is 2.74 bits per heavy atom. The molecule has 2 rings (SSSR count). The third-order valence-corrected chi connectivity index (χ3v) is 2.60. The monoisotopic (exact) mass is 256 g/mol. The number of rotatable bonds is 5. The van der Waals surface area contributed by atoms with Crippen LogP contribution in [0.25, 0.3) is 0 Å². The molecular formula is C14H16N4O. The van der Waals surface area contributed by atoms with E-state index >= 15 is 0 Å². The average Bonchev–Trinajstić information content (AvgIpc) is 2.83. The van der Waals surface area contributed by atoms with Crippen molar-refractivity contribution in [1.82, 2.24) is 9.99 Å². The van der Waals surface area contributed by atoms with E-state index in [9.17, 15) is 4.79 Å². The molecule has 0 radical (unpaired) electrons. The fraction of sp³-hybridized carbons (Fsp3) is 0.143. The quantitative estimate of drug-likeness (QED) is 0.630. The minimum Gasteiger partial charge on any atom is -0.376 e. The van der Waals surface area contributed by atoms with Crippen molar-refractivity contribution in [3.63, 3.8) is 0 Å². The Balaban J connectivity index is 1.76. The van der Waals surface area contributed by atoms with Gasteiger partial charge in [0.1, 0.15) is 0 Å². The molecule has 98 valence electrons. The molecule has 0 bridgehead atoms. The molecule has 0 saturated carbocycles. The van der Waals surface area contributed by atoms with Gasteiger partial charge in [-0.15, -0.1) is 0 Å². The van der Waals surface area contributed by atoms with E-state index in [2.05, 4.69) is 15.8 Å². The summed E-state index contributed by atoms with van der Waals surface area (Å²) in [6.45, 7) is 0.189. The lowest BCUT2D eigenvalue weighted by Gasteiger charge is -2.04. The third-order valence-electron chi connectivity index (χ3n) is 2.60. The van der Waals surface area contributed by atoms with Gasteiger partial charge in [0.2, 0.25) is 0 Å². The van der Waals surface area contributed by atoms with Crippen molar-refractivity contribution in [2.75, 3.05) is 11.9 Å². The summed E-state index contributed by atoms with van der Waals surface area (Å²) in [7, 11) is 1.92. The first-order valence-electron chi connectivity index (χ1n) is 5.98. The number of hydrogen-bond donors (Lipinski definition) is 2. The fourth-order valence-electron chi connectivity index (χ4n) is 1.56. The molecule has 0 atom stereocenters. The minimum absolute atomic E-state index is 0.186. The van der Waals surface area contributed by atoms with Crippen molar-refractivity contribution in [1.29, 1.82) is 0 Å². The van der Waals surface area contributed by atoms with Crippen LogP contribution in [0.15, 0.2) is 53.8 Å². The zero-order valence-corrected chi connectivity index (χ0v) is 10.7. The van der Waals surface area contributed by atoms with Crippen LogP contribution in [0.4, 0.5) is 5.69 Å². The van der Waals surface area contributed by atoms with Gasteiger partial charge in [0.05, 0.1) is 18.5 Å². The predicted octanol–water partition coefficient (Wildman–Crippen LogP) is 1.59. The Kier molecular flexibility index (Phi) is 4.34. The molecule has 0 aliphatic heterocycles. The second-order valence-corrected chi connectivity index (χ2v) is 4.06. The Labute approximate surface area is 111 Å². The maximum atomic E-state index is 11.5. The largest absolute Gasteiger partial charge is 0.376 e. The summed E-state index contributed by atoms with van der Waals surface area (Å²) in [5.41, 5.74) is 4.31. The molecule has 0 fully saturated rings. The van der Waals surface area contributed by atoms with Gasteiger partial charge in [-0.05, 0) is 24.3 Å². The Bertz CT molecular complexity index is 560. The highest BCUT2D eigenvalue weighted by Crippen LogP contribution is 2.03. The molecule has 2 aromatic rings. The van der Waals surface area contributed by atoms with E-state index in [0.29, 0.717) is 0 Å². The number of hydrogen-bond acceptors (Lipinski definition) is 3. The lowest BCUT2D eigenvalue weighted by molar-refractivity contribution is -0.119. The maximum Gasteiger partial charge on any atom is 0.259 e. The number of carbonyl (C=O) groups is 1. The summed E-state index contributed by atoms with van der Waals surface area (Å²) in [5.74, 6) is -0.186. The molecule has 1 aromatic heterocycles. The third kappa shape index (κ3) is 3.99. The van der Waals surface area contributed by atoms with E-state index < -0.39 is 0 Å². The van der Waals surface area contributed by atoms with Crippen LogP contribution in [0.5, 0.6) is 0 Å². The molecule has 0 spiro atoms. The molecule has 1 heterocycles. The van der Waals surface area contributed by atoms with E-state index in [0.717, 1.165) is 11.4 Å². The number of aryl methyl sites for hydroxylation is 1. The number of para-hydroxylation sites is 1. The van der Waals surface area contributed by atoms with Gasteiger partial charge in [-0.3, -0.25) is 4.79 Å². The van der Waals surface area contributed by atoms with Crippen LogP contribution < -0.4 is 10.7 Å². The number of nitrogens with zero attached hydrogens (tertiary/aromatic N) is 2. The normalized spacial score (nSPS) is 10.6. The molecular weight excluding hydrogens is 240 g/mol. The van der Waals surface area contributed by atoms with Crippen LogP contribution in [0.3, 0.4) is 0 Å². The predicted molar refractivity (Wildman–Crippen MR) is 76.1 cm³/mol. The summed E-state index contributed by atoms with van der Waals surface area (Å²) < 4.78 is 1.91. The molecule has 5 nitrogen and oxygen atoms in total. The van der Waals surface area contributed by atoms with Gasteiger partial charge < -0.3 is 9.88 Å². The summed E-state index contributed by atoms with van der Waals surface area (Å²) in [5, 5.41) is 6.91. The van der Waals surface area contributed by atoms with Crippen molar-refractivity contribution in [3.05, 3.63) is 54.4 Å². The average molecular weight is 256 g/mol. The summed E-state index contributed by atoms with van der Waals surface area (Å²) in [6.07, 6.45) is 3.53. The highest BCUT2D eigenvalue weighted by molar-refractivity contribution is 5.83. The number of amides is 1. The molecule has 0 saturated heterocycles. The second-order valence-electron chi connectivity index (χ2n) is 4.06. The first kappa shape index (κ1) is 12.9. The topological polar surface area (TPSA) is 58.4 Å². The number of nitrogens with one attached hydrogen (secondary N) is 2. The Hall–Kier alpha value is -2.56. The van der Waals surface area contributed by atoms with E-state index in [1.807, 2.05) is 60.3 Å². The molecule has 5 heteroatoms. The van der Waals surface area contributed by atoms with Crippen LogP contribution in [-0.2, 0) is 11.8 Å². The molecule has 0 unspecified atom stereocenters. The van der Waals surface area contributed by atoms with Gasteiger partial charge in [-0.2, -0.15) is 5.10 Å². The molecule has 2 N–H and O–H groups in total. The SMILES string of the molecule is Cn1cccc1/C=N/NC(=O)CNc1ccccc1. The van der Waals surface area contributed by atoms with E-state index in [1.54, 1.807) is 6.21 Å². The number of anilines is 1. The first-order valence-corrected chi connectivity index (χ1v) is 5.98. The summed E-state index contributed by atoms with van der Waals surface area (Å²) in [6, 6.07) is 13.4. The van der Waals surface area contributed by atoms with E-state index in [4.69, 9.17) is 0 Å². The summed E-state index contributed by atoms with van der Waals surface area (Å²) >= 11 is 0. The van der Waals surface area contributed by atoms with Gasteiger partial charge in [0.15, 0.2) is 0 Å². The van der Waals surface area contributed by atoms with Gasteiger partial charge in [0, 0.05) is 18.9 Å². The standard InChI is InChI=1S/C14H16N4O/c1-18-9-5-8-13(18)10-16-17-14(19)11-15-12-6-3-2-4-7-12/h2-10,15H,11H2,1H3,(H,17,19)/b16-10+. The van der Waals surface area contributed by atoms with Crippen LogP contribution >= 0.6 is 0 Å². The zero-order chi connectivity index (χ0) is 13.5. The first-order chi connectivity index (χ1) is 9.25. The Morgan fingerprint density at radius 2 is 2.05 bits per heavy atom. The van der Waals surface area contributed by atoms with Crippen molar-refractivity contribution < 1.29 is 4.79 Å². The molecule has 19 heavy (non-hydrogen) atoms. The fourth-order valence-corrected chi connectivity index (χ4v) is 1.56. The molecule has 1 aromatic carbocycles. The maximum absolute atomic E-state index is 11.5. The number of hydrazone groups is 1. The molecule has 1 amide bonds. The lowest BCUT2D eigenvalue weighted by Crippen LogP contribution is -2.25. The van der Waals surface area contributed by atoms with Gasteiger partial charge >= 0.3 is 0 Å². The van der Waals surface area contributed by atoms with Gasteiger partial charge in [-0.1, -0.05) is 18.2 Å². The van der Waals surface area contributed by atoms with Crippen molar-refractivity contribution in [2.45, 2.75) is 0 Å². The van der Waals surface area contributed by atoms with Crippen molar-refractivity contribution >= 4 is 17.8 Å². The number of aromatic nitrogens is 1. The highest BCUT2D eigenvalue weighted by Gasteiger charge is 1.98. The van der Waals surface area contributed by atoms with Crippen LogP contribution in [0, 0.1) is 0 Å². The minimum atomic E-state index is -0.186. The van der Waals surface area contributed by atoms with Gasteiger partial charge in [0.25, 0.3) is 5.91 Å². The zero-order valence-electron chi connectivity index (χ0n) is 10.7. The second kappa shape index (κ2) is 6.39. The van der Waals surface area contributed by atoms with E-state index in [1.165, 1.54) is 0 Å². The van der Waals surface area contributed by atoms with Crippen LogP contribution in [0.1, 0.15) is 5.69 Å². The molecule has 0 aliphatic rings.